The monoisotopic (exact) mass is 406 g/mol. The minimum absolute atomic E-state index is 0.0243. The van der Waals surface area contributed by atoms with Gasteiger partial charge >= 0.3 is 0 Å². The Balaban J connectivity index is 1.54. The smallest absolute Gasteiger partial charge is 0.246 e. The highest BCUT2D eigenvalue weighted by molar-refractivity contribution is 7.89. The van der Waals surface area contributed by atoms with E-state index in [9.17, 15) is 13.2 Å². The number of amides is 1. The van der Waals surface area contributed by atoms with E-state index in [1.165, 1.54) is 4.31 Å². The van der Waals surface area contributed by atoms with E-state index in [0.29, 0.717) is 37.3 Å². The summed E-state index contributed by atoms with van der Waals surface area (Å²) in [6.07, 6.45) is 1.46. The van der Waals surface area contributed by atoms with Gasteiger partial charge in [0.2, 0.25) is 15.9 Å². The fourth-order valence-electron chi connectivity index (χ4n) is 3.50. The summed E-state index contributed by atoms with van der Waals surface area (Å²) in [4.78, 5) is 12.6. The second kappa shape index (κ2) is 8.32. The van der Waals surface area contributed by atoms with Crippen LogP contribution in [0.25, 0.3) is 0 Å². The summed E-state index contributed by atoms with van der Waals surface area (Å²) in [5.74, 6) is 0.689. The number of aromatic nitrogens is 2. The minimum Gasteiger partial charge on any atom is -0.497 e. The van der Waals surface area contributed by atoms with Gasteiger partial charge in [-0.25, -0.2) is 8.42 Å². The zero-order chi connectivity index (χ0) is 20.3. The molecular weight excluding hydrogens is 380 g/mol. The number of aryl methyl sites for hydroxylation is 2. The van der Waals surface area contributed by atoms with E-state index in [2.05, 4.69) is 15.5 Å². The minimum atomic E-state index is -3.57. The van der Waals surface area contributed by atoms with Crippen molar-refractivity contribution in [3.05, 3.63) is 41.2 Å². The lowest BCUT2D eigenvalue weighted by Gasteiger charge is -2.31. The molecule has 1 amide bonds. The van der Waals surface area contributed by atoms with Gasteiger partial charge in [0.1, 0.15) is 10.6 Å². The van der Waals surface area contributed by atoms with Gasteiger partial charge in [-0.15, -0.1) is 0 Å². The molecule has 1 aromatic carbocycles. The van der Waals surface area contributed by atoms with Gasteiger partial charge in [0.15, 0.2) is 0 Å². The molecule has 1 fully saturated rings. The largest absolute Gasteiger partial charge is 0.497 e. The zero-order valence-corrected chi connectivity index (χ0v) is 17.2. The fourth-order valence-corrected chi connectivity index (χ4v) is 5.30. The third kappa shape index (κ3) is 4.36. The van der Waals surface area contributed by atoms with Crippen molar-refractivity contribution in [1.82, 2.24) is 19.8 Å². The molecule has 8 nitrogen and oxygen atoms in total. The molecule has 0 bridgehead atoms. The van der Waals surface area contributed by atoms with Crippen LogP contribution in [0, 0.1) is 13.8 Å². The Bertz CT molecular complexity index is 910. The topological polar surface area (TPSA) is 104 Å². The van der Waals surface area contributed by atoms with Gasteiger partial charge in [0, 0.05) is 19.1 Å². The SMILES string of the molecule is COc1ccc(CC(=O)NC2CCN(S(=O)(=O)c3c(C)n[nH]c3C)CC2)cc1. The predicted octanol–water partition coefficient (Wildman–Crippen LogP) is 1.55. The van der Waals surface area contributed by atoms with Crippen LogP contribution in [0.1, 0.15) is 29.8 Å². The summed E-state index contributed by atoms with van der Waals surface area (Å²) >= 11 is 0. The Hall–Kier alpha value is -2.39. The number of nitrogens with zero attached hydrogens (tertiary/aromatic N) is 2. The summed E-state index contributed by atoms with van der Waals surface area (Å²) in [7, 11) is -1.97. The van der Waals surface area contributed by atoms with Crippen molar-refractivity contribution in [2.24, 2.45) is 0 Å². The number of ether oxygens (including phenoxy) is 1. The summed E-state index contributed by atoms with van der Waals surface area (Å²) in [5, 5.41) is 9.73. The lowest BCUT2D eigenvalue weighted by Crippen LogP contribution is -2.46. The van der Waals surface area contributed by atoms with E-state index in [0.717, 1.165) is 11.3 Å². The van der Waals surface area contributed by atoms with E-state index in [4.69, 9.17) is 4.74 Å². The van der Waals surface area contributed by atoms with Crippen molar-refractivity contribution in [3.8, 4) is 5.75 Å². The number of benzene rings is 1. The molecule has 1 aliphatic rings. The molecule has 0 spiro atoms. The van der Waals surface area contributed by atoms with Gasteiger partial charge in [-0.3, -0.25) is 9.89 Å². The van der Waals surface area contributed by atoms with Crippen LogP contribution in [-0.2, 0) is 21.2 Å². The molecule has 2 N–H and O–H groups in total. The summed E-state index contributed by atoms with van der Waals surface area (Å²) in [5.41, 5.74) is 1.93. The number of hydrogen-bond acceptors (Lipinski definition) is 5. The number of aromatic amines is 1. The summed E-state index contributed by atoms with van der Waals surface area (Å²) in [6, 6.07) is 7.35. The van der Waals surface area contributed by atoms with Crippen LogP contribution in [0.5, 0.6) is 5.75 Å². The van der Waals surface area contributed by atoms with Crippen LogP contribution < -0.4 is 10.1 Å². The van der Waals surface area contributed by atoms with Crippen LogP contribution >= 0.6 is 0 Å². The van der Waals surface area contributed by atoms with Gasteiger partial charge in [-0.1, -0.05) is 12.1 Å². The van der Waals surface area contributed by atoms with Crippen LogP contribution in [0.2, 0.25) is 0 Å². The maximum absolute atomic E-state index is 12.9. The van der Waals surface area contributed by atoms with Crippen molar-refractivity contribution in [2.45, 2.75) is 44.0 Å². The van der Waals surface area contributed by atoms with Crippen LogP contribution in [0.15, 0.2) is 29.2 Å². The van der Waals surface area contributed by atoms with Gasteiger partial charge < -0.3 is 10.1 Å². The molecule has 0 unspecified atom stereocenters. The molecule has 2 heterocycles. The van der Waals surface area contributed by atoms with Gasteiger partial charge in [0.05, 0.1) is 24.9 Å². The zero-order valence-electron chi connectivity index (χ0n) is 16.4. The average Bonchev–Trinajstić information content (AvgIpc) is 3.01. The van der Waals surface area contributed by atoms with Crippen molar-refractivity contribution in [3.63, 3.8) is 0 Å². The van der Waals surface area contributed by atoms with Crippen LogP contribution in [-0.4, -0.2) is 55.1 Å². The molecular formula is C19H26N4O4S. The highest BCUT2D eigenvalue weighted by Gasteiger charge is 2.33. The number of hydrogen-bond donors (Lipinski definition) is 2. The molecule has 0 aliphatic carbocycles. The number of H-pyrrole nitrogens is 1. The molecule has 0 atom stereocenters. The lowest BCUT2D eigenvalue weighted by atomic mass is 10.1. The lowest BCUT2D eigenvalue weighted by molar-refractivity contribution is -0.121. The van der Waals surface area contributed by atoms with E-state index >= 15 is 0 Å². The Morgan fingerprint density at radius 2 is 1.89 bits per heavy atom. The predicted molar refractivity (Wildman–Crippen MR) is 105 cm³/mol. The molecule has 1 aliphatic heterocycles. The maximum atomic E-state index is 12.9. The number of carbonyl (C=O) groups excluding carboxylic acids is 1. The van der Waals surface area contributed by atoms with E-state index in [1.54, 1.807) is 21.0 Å². The van der Waals surface area contributed by atoms with Crippen LogP contribution in [0.4, 0.5) is 0 Å². The summed E-state index contributed by atoms with van der Waals surface area (Å²) in [6.45, 7) is 4.14. The first kappa shape index (κ1) is 20.3. The first-order chi connectivity index (χ1) is 13.3. The van der Waals surface area contributed by atoms with Crippen molar-refractivity contribution >= 4 is 15.9 Å². The number of nitrogens with one attached hydrogen (secondary N) is 2. The third-order valence-electron chi connectivity index (χ3n) is 5.00. The Labute approximate surface area is 165 Å². The molecule has 1 saturated heterocycles. The first-order valence-electron chi connectivity index (χ1n) is 9.25. The molecule has 0 radical (unpaired) electrons. The normalized spacial score (nSPS) is 16.1. The molecule has 152 valence electrons. The highest BCUT2D eigenvalue weighted by atomic mass is 32.2. The van der Waals surface area contributed by atoms with Gasteiger partial charge in [-0.2, -0.15) is 9.40 Å². The Kier molecular flexibility index (Phi) is 6.04. The molecule has 28 heavy (non-hydrogen) atoms. The van der Waals surface area contributed by atoms with Gasteiger partial charge in [-0.05, 0) is 44.4 Å². The van der Waals surface area contributed by atoms with E-state index in [1.807, 2.05) is 24.3 Å². The Morgan fingerprint density at radius 1 is 1.25 bits per heavy atom. The van der Waals surface area contributed by atoms with Gasteiger partial charge in [0.25, 0.3) is 0 Å². The molecule has 1 aromatic heterocycles. The third-order valence-corrected chi connectivity index (χ3v) is 7.16. The molecule has 9 heteroatoms. The van der Waals surface area contributed by atoms with E-state index in [-0.39, 0.29) is 23.3 Å². The number of sulfonamides is 1. The number of carbonyl (C=O) groups is 1. The number of rotatable bonds is 6. The molecule has 0 saturated carbocycles. The second-order valence-electron chi connectivity index (χ2n) is 7.03. The number of methoxy groups -OCH3 is 1. The standard InChI is InChI=1S/C19H26N4O4S/c1-13-19(14(2)22-21-13)28(25,26)23-10-8-16(9-11-23)20-18(24)12-15-4-6-17(27-3)7-5-15/h4-7,16H,8-12H2,1-3H3,(H,20,24)(H,21,22). The maximum Gasteiger partial charge on any atom is 0.246 e. The van der Waals surface area contributed by atoms with Crippen molar-refractivity contribution < 1.29 is 17.9 Å². The first-order valence-corrected chi connectivity index (χ1v) is 10.7. The average molecular weight is 407 g/mol. The number of piperidine rings is 1. The van der Waals surface area contributed by atoms with Crippen LogP contribution in [0.3, 0.4) is 0 Å². The molecule has 2 aromatic rings. The quantitative estimate of drug-likeness (QED) is 0.757. The fraction of sp³-hybridized carbons (Fsp3) is 0.474. The molecule has 3 rings (SSSR count). The van der Waals surface area contributed by atoms with E-state index < -0.39 is 10.0 Å². The van der Waals surface area contributed by atoms with Crippen molar-refractivity contribution in [1.29, 1.82) is 0 Å². The Morgan fingerprint density at radius 3 is 2.43 bits per heavy atom. The second-order valence-corrected chi connectivity index (χ2v) is 8.91. The van der Waals surface area contributed by atoms with Crippen molar-refractivity contribution in [2.75, 3.05) is 20.2 Å². The summed E-state index contributed by atoms with van der Waals surface area (Å²) < 4.78 is 32.4. The highest BCUT2D eigenvalue weighted by Crippen LogP contribution is 2.24.